The van der Waals surface area contributed by atoms with E-state index in [4.69, 9.17) is 0 Å². The molecule has 0 radical (unpaired) electrons. The van der Waals surface area contributed by atoms with Crippen molar-refractivity contribution in [2.24, 2.45) is 0 Å². The number of nitrogens with zero attached hydrogens (tertiary/aromatic N) is 2. The standard InChI is InChI=1S/C18H19N3/c1-13-8-7-9-14(2)17(13)20-18-19-15(3)12-21(18)16-10-5-4-6-11-16/h4-12H,1-3H3,(H,19,20). The second-order valence-electron chi connectivity index (χ2n) is 5.30. The van der Waals surface area contributed by atoms with Gasteiger partial charge in [0.05, 0.1) is 5.69 Å². The molecule has 106 valence electrons. The summed E-state index contributed by atoms with van der Waals surface area (Å²) in [5.41, 5.74) is 5.66. The van der Waals surface area contributed by atoms with Crippen LogP contribution >= 0.6 is 0 Å². The van der Waals surface area contributed by atoms with Gasteiger partial charge < -0.3 is 5.32 Å². The van der Waals surface area contributed by atoms with Crippen LogP contribution in [0.3, 0.4) is 0 Å². The van der Waals surface area contributed by atoms with Gasteiger partial charge in [-0.15, -0.1) is 0 Å². The minimum Gasteiger partial charge on any atom is -0.325 e. The van der Waals surface area contributed by atoms with Crippen LogP contribution in [0.15, 0.2) is 54.7 Å². The molecular formula is C18H19N3. The van der Waals surface area contributed by atoms with Crippen LogP contribution in [-0.4, -0.2) is 9.55 Å². The average molecular weight is 277 g/mol. The van der Waals surface area contributed by atoms with E-state index in [0.29, 0.717) is 0 Å². The molecule has 0 spiro atoms. The number of hydrogen-bond donors (Lipinski definition) is 1. The quantitative estimate of drug-likeness (QED) is 0.761. The number of hydrogen-bond acceptors (Lipinski definition) is 2. The molecule has 0 saturated carbocycles. The summed E-state index contributed by atoms with van der Waals surface area (Å²) in [7, 11) is 0. The summed E-state index contributed by atoms with van der Waals surface area (Å²) in [6.07, 6.45) is 2.05. The lowest BCUT2D eigenvalue weighted by Gasteiger charge is -2.13. The molecule has 0 aliphatic heterocycles. The topological polar surface area (TPSA) is 29.9 Å². The van der Waals surface area contributed by atoms with Crippen LogP contribution in [0, 0.1) is 20.8 Å². The molecule has 0 atom stereocenters. The molecule has 1 N–H and O–H groups in total. The zero-order chi connectivity index (χ0) is 14.8. The van der Waals surface area contributed by atoms with Gasteiger partial charge in [-0.2, -0.15) is 0 Å². The summed E-state index contributed by atoms with van der Waals surface area (Å²) >= 11 is 0. The molecule has 0 aliphatic rings. The largest absolute Gasteiger partial charge is 0.325 e. The molecule has 21 heavy (non-hydrogen) atoms. The molecule has 0 amide bonds. The fourth-order valence-corrected chi connectivity index (χ4v) is 2.49. The van der Waals surface area contributed by atoms with Gasteiger partial charge in [0, 0.05) is 17.6 Å². The highest BCUT2D eigenvalue weighted by Gasteiger charge is 2.10. The fraction of sp³-hybridized carbons (Fsp3) is 0.167. The third-order valence-corrected chi connectivity index (χ3v) is 3.58. The second kappa shape index (κ2) is 5.44. The van der Waals surface area contributed by atoms with Crippen LogP contribution in [0.5, 0.6) is 0 Å². The average Bonchev–Trinajstić information content (AvgIpc) is 2.85. The predicted molar refractivity (Wildman–Crippen MR) is 87.5 cm³/mol. The Morgan fingerprint density at radius 2 is 1.52 bits per heavy atom. The normalized spacial score (nSPS) is 10.6. The predicted octanol–water partition coefficient (Wildman–Crippen LogP) is 4.54. The first-order chi connectivity index (χ1) is 10.1. The van der Waals surface area contributed by atoms with Crippen molar-refractivity contribution in [1.82, 2.24) is 9.55 Å². The molecule has 0 fully saturated rings. The highest BCUT2D eigenvalue weighted by Crippen LogP contribution is 2.25. The van der Waals surface area contributed by atoms with Crippen LogP contribution in [0.2, 0.25) is 0 Å². The Labute approximate surface area is 125 Å². The van der Waals surface area contributed by atoms with Crippen molar-refractivity contribution in [2.45, 2.75) is 20.8 Å². The molecule has 3 nitrogen and oxygen atoms in total. The molecule has 3 aromatic rings. The Bertz CT molecular complexity index is 737. The Kier molecular flexibility index (Phi) is 3.48. The number of anilines is 2. The summed E-state index contributed by atoms with van der Waals surface area (Å²) in [5, 5.41) is 3.48. The minimum absolute atomic E-state index is 0.844. The maximum Gasteiger partial charge on any atom is 0.212 e. The van der Waals surface area contributed by atoms with Crippen molar-refractivity contribution >= 4 is 11.6 Å². The van der Waals surface area contributed by atoms with Crippen molar-refractivity contribution < 1.29 is 0 Å². The van der Waals surface area contributed by atoms with Gasteiger partial charge in [-0.25, -0.2) is 4.98 Å². The monoisotopic (exact) mass is 277 g/mol. The lowest BCUT2D eigenvalue weighted by atomic mass is 10.1. The molecule has 1 heterocycles. The summed E-state index contributed by atoms with van der Waals surface area (Å²) in [6.45, 7) is 6.23. The number of para-hydroxylation sites is 2. The second-order valence-corrected chi connectivity index (χ2v) is 5.30. The summed E-state index contributed by atoms with van der Waals surface area (Å²) in [4.78, 5) is 4.62. The van der Waals surface area contributed by atoms with Gasteiger partial charge in [0.25, 0.3) is 0 Å². The van der Waals surface area contributed by atoms with Crippen LogP contribution in [0.1, 0.15) is 16.8 Å². The molecule has 1 aromatic heterocycles. The first kappa shape index (κ1) is 13.4. The van der Waals surface area contributed by atoms with Gasteiger partial charge >= 0.3 is 0 Å². The van der Waals surface area contributed by atoms with Crippen LogP contribution < -0.4 is 5.32 Å². The number of aromatic nitrogens is 2. The highest BCUT2D eigenvalue weighted by molar-refractivity contribution is 5.64. The summed E-state index contributed by atoms with van der Waals surface area (Å²) < 4.78 is 2.08. The molecule has 3 rings (SSSR count). The molecule has 2 aromatic carbocycles. The molecule has 0 aliphatic carbocycles. The molecule has 0 bridgehead atoms. The number of nitrogens with one attached hydrogen (secondary N) is 1. The van der Waals surface area contributed by atoms with E-state index < -0.39 is 0 Å². The molecule has 0 unspecified atom stereocenters. The van der Waals surface area contributed by atoms with Gasteiger partial charge in [-0.3, -0.25) is 4.57 Å². The van der Waals surface area contributed by atoms with E-state index in [0.717, 1.165) is 23.0 Å². The zero-order valence-electron chi connectivity index (χ0n) is 12.6. The Morgan fingerprint density at radius 1 is 0.857 bits per heavy atom. The third-order valence-electron chi connectivity index (χ3n) is 3.58. The number of imidazole rings is 1. The van der Waals surface area contributed by atoms with Crippen molar-refractivity contribution in [1.29, 1.82) is 0 Å². The third kappa shape index (κ3) is 2.68. The van der Waals surface area contributed by atoms with Crippen molar-refractivity contribution in [3.8, 4) is 5.69 Å². The maximum atomic E-state index is 4.62. The van der Waals surface area contributed by atoms with E-state index >= 15 is 0 Å². The highest BCUT2D eigenvalue weighted by atomic mass is 15.2. The Hall–Kier alpha value is -2.55. The maximum absolute atomic E-state index is 4.62. The Balaban J connectivity index is 2.04. The SMILES string of the molecule is Cc1cn(-c2ccccc2)c(Nc2c(C)cccc2C)n1. The number of rotatable bonds is 3. The fourth-order valence-electron chi connectivity index (χ4n) is 2.49. The smallest absolute Gasteiger partial charge is 0.212 e. The van der Waals surface area contributed by atoms with Gasteiger partial charge in [-0.05, 0) is 44.0 Å². The first-order valence-electron chi connectivity index (χ1n) is 7.10. The van der Waals surface area contributed by atoms with E-state index in [1.807, 2.05) is 31.3 Å². The minimum atomic E-state index is 0.844. The zero-order valence-corrected chi connectivity index (χ0v) is 12.6. The lowest BCUT2D eigenvalue weighted by molar-refractivity contribution is 1.06. The summed E-state index contributed by atoms with van der Waals surface area (Å²) in [6, 6.07) is 16.5. The van der Waals surface area contributed by atoms with Crippen molar-refractivity contribution in [2.75, 3.05) is 5.32 Å². The van der Waals surface area contributed by atoms with E-state index in [2.05, 4.69) is 59.0 Å². The van der Waals surface area contributed by atoms with Crippen LogP contribution in [-0.2, 0) is 0 Å². The Morgan fingerprint density at radius 3 is 2.19 bits per heavy atom. The first-order valence-corrected chi connectivity index (χ1v) is 7.10. The van der Waals surface area contributed by atoms with Gasteiger partial charge in [0.1, 0.15) is 0 Å². The number of aryl methyl sites for hydroxylation is 3. The molecule has 3 heteroatoms. The van der Waals surface area contributed by atoms with Crippen LogP contribution in [0.4, 0.5) is 11.6 Å². The van der Waals surface area contributed by atoms with Gasteiger partial charge in [0.2, 0.25) is 5.95 Å². The van der Waals surface area contributed by atoms with E-state index in [-0.39, 0.29) is 0 Å². The van der Waals surface area contributed by atoms with Crippen LogP contribution in [0.25, 0.3) is 5.69 Å². The van der Waals surface area contributed by atoms with E-state index in [1.54, 1.807) is 0 Å². The van der Waals surface area contributed by atoms with E-state index in [9.17, 15) is 0 Å². The van der Waals surface area contributed by atoms with Gasteiger partial charge in [0.15, 0.2) is 0 Å². The van der Waals surface area contributed by atoms with Gasteiger partial charge in [-0.1, -0.05) is 36.4 Å². The number of benzene rings is 2. The molecular weight excluding hydrogens is 258 g/mol. The lowest BCUT2D eigenvalue weighted by Crippen LogP contribution is -2.03. The van der Waals surface area contributed by atoms with Crippen molar-refractivity contribution in [3.63, 3.8) is 0 Å². The van der Waals surface area contributed by atoms with E-state index in [1.165, 1.54) is 11.1 Å². The molecule has 0 saturated heterocycles. The van der Waals surface area contributed by atoms with Crippen molar-refractivity contribution in [3.05, 3.63) is 71.5 Å². The summed E-state index contributed by atoms with van der Waals surface area (Å²) in [5.74, 6) is 0.844.